The van der Waals surface area contributed by atoms with E-state index in [1.54, 1.807) is 23.5 Å². The van der Waals surface area contributed by atoms with Gasteiger partial charge in [0.05, 0.1) is 5.01 Å². The van der Waals surface area contributed by atoms with Gasteiger partial charge in [-0.1, -0.05) is 11.6 Å². The van der Waals surface area contributed by atoms with Gasteiger partial charge in [0, 0.05) is 34.6 Å². The normalized spacial score (nSPS) is 21.5. The monoisotopic (exact) mass is 334 g/mol. The predicted molar refractivity (Wildman–Crippen MR) is 91.5 cm³/mol. The molecule has 1 N–H and O–H groups in total. The van der Waals surface area contributed by atoms with Gasteiger partial charge in [-0.25, -0.2) is 4.98 Å². The van der Waals surface area contributed by atoms with E-state index in [1.165, 1.54) is 5.01 Å². The molecule has 0 atom stereocenters. The summed E-state index contributed by atoms with van der Waals surface area (Å²) in [5.74, 6) is 1.18. The Labute approximate surface area is 139 Å². The molecule has 22 heavy (non-hydrogen) atoms. The summed E-state index contributed by atoms with van der Waals surface area (Å²) in [5.41, 5.74) is 0.811. The average Bonchev–Trinajstić information content (AvgIpc) is 3.05. The molecule has 0 unspecified atom stereocenters. The molecule has 1 aromatic heterocycles. The highest BCUT2D eigenvalue weighted by Crippen LogP contribution is 2.37. The summed E-state index contributed by atoms with van der Waals surface area (Å²) >= 11 is 7.59. The van der Waals surface area contributed by atoms with Gasteiger partial charge in [-0.2, -0.15) is 0 Å². The van der Waals surface area contributed by atoms with Gasteiger partial charge in [-0.15, -0.1) is 11.3 Å². The molecule has 1 amide bonds. The largest absolute Gasteiger partial charge is 0.326 e. The number of carbonyl (C=O) groups excluding carboxylic acids is 1. The molecule has 1 saturated carbocycles. The first kappa shape index (κ1) is 15.5. The summed E-state index contributed by atoms with van der Waals surface area (Å²) in [5, 5.41) is 6.92. The van der Waals surface area contributed by atoms with Gasteiger partial charge in [0.1, 0.15) is 0 Å². The molecule has 116 valence electrons. The molecule has 1 fully saturated rings. The zero-order valence-electron chi connectivity index (χ0n) is 12.3. The summed E-state index contributed by atoms with van der Waals surface area (Å²) in [6.45, 7) is 0. The lowest BCUT2D eigenvalue weighted by molar-refractivity contribution is -0.117. The summed E-state index contributed by atoms with van der Waals surface area (Å²) in [6.07, 6.45) is 6.99. The number of thiazole rings is 1. The van der Waals surface area contributed by atoms with E-state index in [1.807, 2.05) is 23.7 Å². The van der Waals surface area contributed by atoms with Gasteiger partial charge in [0.25, 0.3) is 0 Å². The lowest BCUT2D eigenvalue weighted by atomic mass is 9.80. The Balaban J connectivity index is 1.46. The molecule has 3 rings (SSSR count). The third kappa shape index (κ3) is 4.08. The van der Waals surface area contributed by atoms with Crippen LogP contribution in [0.5, 0.6) is 0 Å². The van der Waals surface area contributed by atoms with Crippen molar-refractivity contribution < 1.29 is 4.79 Å². The Morgan fingerprint density at radius 3 is 2.59 bits per heavy atom. The average molecular weight is 335 g/mol. The Kier molecular flexibility index (Phi) is 5.11. The van der Waals surface area contributed by atoms with Crippen molar-refractivity contribution in [1.29, 1.82) is 0 Å². The molecular formula is C17H19ClN2OS. The van der Waals surface area contributed by atoms with Crippen molar-refractivity contribution >= 4 is 34.5 Å². The fourth-order valence-electron chi connectivity index (χ4n) is 3.06. The van der Waals surface area contributed by atoms with Crippen LogP contribution in [0.1, 0.15) is 43.0 Å². The van der Waals surface area contributed by atoms with Gasteiger partial charge < -0.3 is 5.32 Å². The van der Waals surface area contributed by atoms with Crippen molar-refractivity contribution in [1.82, 2.24) is 4.98 Å². The highest BCUT2D eigenvalue weighted by Gasteiger charge is 2.25. The molecule has 3 nitrogen and oxygen atoms in total. The number of aromatic nitrogens is 1. The van der Waals surface area contributed by atoms with Crippen molar-refractivity contribution in [3.05, 3.63) is 45.9 Å². The number of nitrogens with zero attached hydrogens (tertiary/aromatic N) is 1. The predicted octanol–water partition coefficient (Wildman–Crippen LogP) is 5.10. The van der Waals surface area contributed by atoms with Gasteiger partial charge in [-0.3, -0.25) is 4.79 Å². The highest BCUT2D eigenvalue weighted by atomic mass is 35.5. The minimum atomic E-state index is 0.0972. The molecule has 1 aliphatic carbocycles. The van der Waals surface area contributed by atoms with Crippen LogP contribution < -0.4 is 5.32 Å². The summed E-state index contributed by atoms with van der Waals surface area (Å²) in [7, 11) is 0. The number of anilines is 1. The molecule has 0 aliphatic heterocycles. The maximum Gasteiger partial charge on any atom is 0.224 e. The van der Waals surface area contributed by atoms with Crippen molar-refractivity contribution in [3.8, 4) is 0 Å². The van der Waals surface area contributed by atoms with E-state index in [4.69, 9.17) is 11.6 Å². The van der Waals surface area contributed by atoms with E-state index in [2.05, 4.69) is 10.3 Å². The number of carbonyl (C=O) groups is 1. The minimum absolute atomic E-state index is 0.0972. The number of hydrogen-bond donors (Lipinski definition) is 1. The molecule has 5 heteroatoms. The van der Waals surface area contributed by atoms with Gasteiger partial charge in [-0.05, 0) is 55.9 Å². The van der Waals surface area contributed by atoms with E-state index in [0.29, 0.717) is 23.3 Å². The first-order valence-corrected chi connectivity index (χ1v) is 8.91. The van der Waals surface area contributed by atoms with Crippen molar-refractivity contribution in [2.24, 2.45) is 5.92 Å². The lowest BCUT2D eigenvalue weighted by Crippen LogP contribution is -2.20. The standard InChI is InChI=1S/C17H19ClN2OS/c18-14-5-7-15(8-6-14)20-16(21)11-12-1-3-13(4-2-12)17-19-9-10-22-17/h5-10,12-13H,1-4,11H2,(H,20,21). The second-order valence-electron chi connectivity index (χ2n) is 5.85. The van der Waals surface area contributed by atoms with Crippen LogP contribution in [0.2, 0.25) is 5.02 Å². The molecule has 1 heterocycles. The van der Waals surface area contributed by atoms with Gasteiger partial charge in [0.2, 0.25) is 5.91 Å². The van der Waals surface area contributed by atoms with Crippen LogP contribution in [-0.4, -0.2) is 10.9 Å². The zero-order valence-corrected chi connectivity index (χ0v) is 13.9. The van der Waals surface area contributed by atoms with Crippen LogP contribution in [0.15, 0.2) is 35.8 Å². The van der Waals surface area contributed by atoms with Crippen LogP contribution in [0, 0.1) is 5.92 Å². The lowest BCUT2D eigenvalue weighted by Gasteiger charge is -2.26. The molecule has 1 aromatic carbocycles. The third-order valence-electron chi connectivity index (χ3n) is 4.25. The van der Waals surface area contributed by atoms with E-state index < -0.39 is 0 Å². The van der Waals surface area contributed by atoms with E-state index in [0.717, 1.165) is 31.4 Å². The highest BCUT2D eigenvalue weighted by molar-refractivity contribution is 7.09. The SMILES string of the molecule is O=C(CC1CCC(c2nccs2)CC1)Nc1ccc(Cl)cc1. The second kappa shape index (κ2) is 7.25. The van der Waals surface area contributed by atoms with Crippen molar-refractivity contribution in [3.63, 3.8) is 0 Å². The molecule has 1 aliphatic rings. The molecule has 0 spiro atoms. The van der Waals surface area contributed by atoms with Crippen molar-refractivity contribution in [2.45, 2.75) is 38.0 Å². The Morgan fingerprint density at radius 1 is 1.23 bits per heavy atom. The Bertz CT molecular complexity index is 604. The molecular weight excluding hydrogens is 316 g/mol. The number of nitrogens with one attached hydrogen (secondary N) is 1. The summed E-state index contributed by atoms with van der Waals surface area (Å²) in [4.78, 5) is 16.5. The Morgan fingerprint density at radius 2 is 1.95 bits per heavy atom. The van der Waals surface area contributed by atoms with E-state index in [-0.39, 0.29) is 5.91 Å². The number of hydrogen-bond acceptors (Lipinski definition) is 3. The topological polar surface area (TPSA) is 42.0 Å². The first-order chi connectivity index (χ1) is 10.7. The smallest absolute Gasteiger partial charge is 0.224 e. The zero-order chi connectivity index (χ0) is 15.4. The maximum absolute atomic E-state index is 12.1. The first-order valence-electron chi connectivity index (χ1n) is 7.65. The van der Waals surface area contributed by atoms with Crippen LogP contribution in [-0.2, 0) is 4.79 Å². The maximum atomic E-state index is 12.1. The van der Waals surface area contributed by atoms with E-state index in [9.17, 15) is 4.79 Å². The Hall–Kier alpha value is -1.39. The van der Waals surface area contributed by atoms with Gasteiger partial charge in [0.15, 0.2) is 0 Å². The number of halogens is 1. The van der Waals surface area contributed by atoms with Crippen LogP contribution in [0.25, 0.3) is 0 Å². The molecule has 0 radical (unpaired) electrons. The van der Waals surface area contributed by atoms with Crippen LogP contribution >= 0.6 is 22.9 Å². The second-order valence-corrected chi connectivity index (χ2v) is 7.21. The fourth-order valence-corrected chi connectivity index (χ4v) is 3.99. The number of benzene rings is 1. The molecule has 0 bridgehead atoms. The van der Waals surface area contributed by atoms with Crippen LogP contribution in [0.4, 0.5) is 5.69 Å². The van der Waals surface area contributed by atoms with Crippen LogP contribution in [0.3, 0.4) is 0 Å². The molecule has 0 saturated heterocycles. The van der Waals surface area contributed by atoms with Crippen molar-refractivity contribution in [2.75, 3.05) is 5.32 Å². The summed E-state index contributed by atoms with van der Waals surface area (Å²) < 4.78 is 0. The minimum Gasteiger partial charge on any atom is -0.326 e. The molecule has 2 aromatic rings. The number of amides is 1. The number of rotatable bonds is 4. The summed E-state index contributed by atoms with van der Waals surface area (Å²) in [6, 6.07) is 7.24. The van der Waals surface area contributed by atoms with Gasteiger partial charge >= 0.3 is 0 Å². The van der Waals surface area contributed by atoms with E-state index >= 15 is 0 Å². The quantitative estimate of drug-likeness (QED) is 0.845. The fraction of sp³-hybridized carbons (Fsp3) is 0.412. The third-order valence-corrected chi connectivity index (χ3v) is 5.44.